The van der Waals surface area contributed by atoms with Crippen molar-refractivity contribution in [2.75, 3.05) is 7.05 Å². The van der Waals surface area contributed by atoms with Crippen molar-refractivity contribution in [3.8, 4) is 0 Å². The molecule has 1 heteroatoms. The van der Waals surface area contributed by atoms with Gasteiger partial charge in [-0.1, -0.05) is 36.8 Å². The smallest absolute Gasteiger partial charge is 0.0107 e. The average molecular weight is 205 g/mol. The molecule has 1 N–H and O–H groups in total. The van der Waals surface area contributed by atoms with E-state index in [1.54, 1.807) is 0 Å². The fourth-order valence-corrected chi connectivity index (χ4v) is 1.88. The number of rotatable bonds is 6. The Morgan fingerprint density at radius 2 is 2.47 bits per heavy atom. The predicted octanol–water partition coefficient (Wildman–Crippen LogP) is 3.45. The third-order valence-corrected chi connectivity index (χ3v) is 3.00. The van der Waals surface area contributed by atoms with Crippen molar-refractivity contribution in [2.24, 2.45) is 5.92 Å². The van der Waals surface area contributed by atoms with Gasteiger partial charge >= 0.3 is 0 Å². The van der Waals surface area contributed by atoms with Crippen LogP contribution in [0.15, 0.2) is 36.5 Å². The maximum Gasteiger partial charge on any atom is 0.0107 e. The Morgan fingerprint density at radius 1 is 1.67 bits per heavy atom. The molecule has 0 amide bonds. The van der Waals surface area contributed by atoms with Gasteiger partial charge in [0.2, 0.25) is 0 Å². The van der Waals surface area contributed by atoms with Crippen LogP contribution in [0.3, 0.4) is 0 Å². The maximum atomic E-state index is 3.77. The van der Waals surface area contributed by atoms with E-state index < -0.39 is 0 Å². The van der Waals surface area contributed by atoms with Gasteiger partial charge in [-0.25, -0.2) is 0 Å². The van der Waals surface area contributed by atoms with Crippen LogP contribution in [0.4, 0.5) is 0 Å². The average Bonchev–Trinajstić information content (AvgIpc) is 2.27. The van der Waals surface area contributed by atoms with Crippen LogP contribution in [0.1, 0.15) is 32.6 Å². The van der Waals surface area contributed by atoms with Crippen LogP contribution < -0.4 is 5.32 Å². The van der Waals surface area contributed by atoms with Gasteiger partial charge in [0.25, 0.3) is 0 Å². The van der Waals surface area contributed by atoms with Crippen LogP contribution in [-0.4, -0.2) is 13.1 Å². The molecule has 1 aliphatic carbocycles. The fourth-order valence-electron chi connectivity index (χ4n) is 1.88. The molecule has 15 heavy (non-hydrogen) atoms. The highest BCUT2D eigenvalue weighted by molar-refractivity contribution is 5.24. The molecule has 0 spiro atoms. The van der Waals surface area contributed by atoms with Crippen LogP contribution in [0, 0.1) is 5.92 Å². The highest BCUT2D eigenvalue weighted by Gasteiger charge is 2.09. The zero-order valence-corrected chi connectivity index (χ0v) is 10.00. The molecule has 1 nitrogen and oxygen atoms in total. The van der Waals surface area contributed by atoms with Gasteiger partial charge in [0.1, 0.15) is 0 Å². The van der Waals surface area contributed by atoms with Crippen molar-refractivity contribution in [2.45, 2.75) is 38.6 Å². The third-order valence-electron chi connectivity index (χ3n) is 3.00. The lowest BCUT2D eigenvalue weighted by Gasteiger charge is -2.18. The minimum absolute atomic E-state index is 0.590. The summed E-state index contributed by atoms with van der Waals surface area (Å²) in [5.41, 5.74) is 1.48. The van der Waals surface area contributed by atoms with Gasteiger partial charge in [-0.05, 0) is 38.6 Å². The van der Waals surface area contributed by atoms with E-state index in [0.29, 0.717) is 6.04 Å². The first-order chi connectivity index (χ1) is 7.26. The Hall–Kier alpha value is -0.820. The first kappa shape index (κ1) is 12.3. The summed E-state index contributed by atoms with van der Waals surface area (Å²) < 4.78 is 0. The minimum Gasteiger partial charge on any atom is -0.317 e. The van der Waals surface area contributed by atoms with Gasteiger partial charge in [0.05, 0.1) is 0 Å². The molecule has 1 rings (SSSR count). The maximum absolute atomic E-state index is 3.77. The van der Waals surface area contributed by atoms with Crippen molar-refractivity contribution in [1.82, 2.24) is 5.32 Å². The van der Waals surface area contributed by atoms with E-state index in [-0.39, 0.29) is 0 Å². The summed E-state index contributed by atoms with van der Waals surface area (Å²) in [6.45, 7) is 6.03. The van der Waals surface area contributed by atoms with E-state index in [1.807, 2.05) is 13.1 Å². The quantitative estimate of drug-likeness (QED) is 0.655. The zero-order chi connectivity index (χ0) is 11.1. The molecule has 0 aromatic rings. The Labute approximate surface area is 94.0 Å². The van der Waals surface area contributed by atoms with Gasteiger partial charge in [0, 0.05) is 6.04 Å². The molecule has 0 aromatic carbocycles. The first-order valence-corrected chi connectivity index (χ1v) is 5.91. The second-order valence-electron chi connectivity index (χ2n) is 4.41. The summed E-state index contributed by atoms with van der Waals surface area (Å²) in [7, 11) is 2.05. The first-order valence-electron chi connectivity index (χ1n) is 5.91. The highest BCUT2D eigenvalue weighted by Crippen LogP contribution is 2.20. The van der Waals surface area contributed by atoms with Crippen LogP contribution >= 0.6 is 0 Å². The lowest BCUT2D eigenvalue weighted by molar-refractivity contribution is 0.523. The van der Waals surface area contributed by atoms with E-state index in [0.717, 1.165) is 18.8 Å². The van der Waals surface area contributed by atoms with Gasteiger partial charge in [-0.2, -0.15) is 0 Å². The van der Waals surface area contributed by atoms with E-state index in [4.69, 9.17) is 0 Å². The predicted molar refractivity (Wildman–Crippen MR) is 67.9 cm³/mol. The van der Waals surface area contributed by atoms with Crippen molar-refractivity contribution in [3.63, 3.8) is 0 Å². The topological polar surface area (TPSA) is 12.0 Å². The number of nitrogens with one attached hydrogen (secondary N) is 1. The molecule has 0 aromatic heterocycles. The lowest BCUT2D eigenvalue weighted by atomic mass is 9.93. The molecule has 0 saturated heterocycles. The van der Waals surface area contributed by atoms with Gasteiger partial charge in [0.15, 0.2) is 0 Å². The van der Waals surface area contributed by atoms with Gasteiger partial charge in [-0.15, -0.1) is 6.58 Å². The van der Waals surface area contributed by atoms with Gasteiger partial charge < -0.3 is 5.32 Å². The van der Waals surface area contributed by atoms with Crippen molar-refractivity contribution in [1.29, 1.82) is 0 Å². The van der Waals surface area contributed by atoms with Crippen LogP contribution in [0.5, 0.6) is 0 Å². The van der Waals surface area contributed by atoms with Crippen molar-refractivity contribution < 1.29 is 0 Å². The molecular weight excluding hydrogens is 182 g/mol. The monoisotopic (exact) mass is 205 g/mol. The fraction of sp³-hybridized carbons (Fsp3) is 0.571. The molecule has 2 unspecified atom stereocenters. The van der Waals surface area contributed by atoms with E-state index in [2.05, 4.69) is 37.0 Å². The normalized spacial score (nSPS) is 22.3. The molecule has 0 saturated carbocycles. The minimum atomic E-state index is 0.590. The number of hydrogen-bond acceptors (Lipinski definition) is 1. The summed E-state index contributed by atoms with van der Waals surface area (Å²) in [5.74, 6) is 0.718. The molecule has 0 aliphatic heterocycles. The molecule has 0 heterocycles. The largest absolute Gasteiger partial charge is 0.317 e. The third kappa shape index (κ3) is 4.48. The molecule has 1 aliphatic rings. The SMILES string of the molecule is C=CCCC(CC1=CCC(C)C=C1)NC. The van der Waals surface area contributed by atoms with Crippen LogP contribution in [0.25, 0.3) is 0 Å². The molecule has 2 atom stereocenters. The Balaban J connectivity index is 2.38. The van der Waals surface area contributed by atoms with Gasteiger partial charge in [-0.3, -0.25) is 0 Å². The summed E-state index contributed by atoms with van der Waals surface area (Å²) in [6.07, 6.45) is 13.6. The number of allylic oxidation sites excluding steroid dienone is 4. The summed E-state index contributed by atoms with van der Waals surface area (Å²) in [4.78, 5) is 0. The molecule has 0 bridgehead atoms. The second kappa shape index (κ2) is 6.62. The van der Waals surface area contributed by atoms with E-state index >= 15 is 0 Å². The van der Waals surface area contributed by atoms with Crippen molar-refractivity contribution in [3.05, 3.63) is 36.5 Å². The summed E-state index contributed by atoms with van der Waals surface area (Å²) in [5, 5.41) is 3.37. The highest BCUT2D eigenvalue weighted by atomic mass is 14.9. The Kier molecular flexibility index (Phi) is 5.41. The molecule has 0 radical (unpaired) electrons. The van der Waals surface area contributed by atoms with E-state index in [1.165, 1.54) is 18.4 Å². The molecular formula is C14H23N. The standard InChI is InChI=1S/C14H23N/c1-4-5-6-14(15-3)11-13-9-7-12(2)8-10-13/h4,7,9-10,12,14-15H,1,5-6,8,11H2,2-3H3. The molecule has 0 fully saturated rings. The second-order valence-corrected chi connectivity index (χ2v) is 4.41. The number of hydrogen-bond donors (Lipinski definition) is 1. The van der Waals surface area contributed by atoms with Crippen LogP contribution in [0.2, 0.25) is 0 Å². The molecule has 84 valence electrons. The van der Waals surface area contributed by atoms with Crippen LogP contribution in [-0.2, 0) is 0 Å². The van der Waals surface area contributed by atoms with Crippen molar-refractivity contribution >= 4 is 0 Å². The zero-order valence-electron chi connectivity index (χ0n) is 10.00. The Bertz CT molecular complexity index is 250. The Morgan fingerprint density at radius 3 is 3.00 bits per heavy atom. The lowest BCUT2D eigenvalue weighted by Crippen LogP contribution is -2.25. The van der Waals surface area contributed by atoms with E-state index in [9.17, 15) is 0 Å². The summed E-state index contributed by atoms with van der Waals surface area (Å²) >= 11 is 0. The summed E-state index contributed by atoms with van der Waals surface area (Å²) in [6, 6.07) is 0.590.